The first kappa shape index (κ1) is 9.48. The SMILES string of the molecule is CO[SiH2][C](C)Cc1ccccc1. The standard InChI is InChI=1S/C10H15OSi/c1-9(12-11-2)8-10-6-4-3-5-7-10/h3-7H,8,12H2,1-2H3. The van der Waals surface area contributed by atoms with Gasteiger partial charge in [-0.1, -0.05) is 37.3 Å². The summed E-state index contributed by atoms with van der Waals surface area (Å²) in [6.45, 7) is 2.18. The lowest BCUT2D eigenvalue weighted by Crippen LogP contribution is -2.08. The largest absolute Gasteiger partial charge is 0.427 e. The average Bonchev–Trinajstić information content (AvgIpc) is 2.06. The van der Waals surface area contributed by atoms with E-state index >= 15 is 0 Å². The summed E-state index contributed by atoms with van der Waals surface area (Å²) in [5.41, 5.74) is 2.89. The fourth-order valence-corrected chi connectivity index (χ4v) is 2.13. The first-order valence-electron chi connectivity index (χ1n) is 4.17. The lowest BCUT2D eigenvalue weighted by Gasteiger charge is -2.07. The topological polar surface area (TPSA) is 9.23 Å². The Morgan fingerprint density at radius 1 is 1.33 bits per heavy atom. The van der Waals surface area contributed by atoms with E-state index in [9.17, 15) is 0 Å². The Balaban J connectivity index is 2.41. The molecule has 1 aromatic rings. The van der Waals surface area contributed by atoms with Crippen LogP contribution in [-0.2, 0) is 10.8 Å². The Labute approximate surface area is 76.7 Å². The molecule has 1 rings (SSSR count). The molecule has 0 fully saturated rings. The molecule has 0 aromatic heterocycles. The summed E-state index contributed by atoms with van der Waals surface area (Å²) in [4.78, 5) is 0. The molecule has 0 aliphatic rings. The molecule has 0 saturated carbocycles. The van der Waals surface area contributed by atoms with E-state index in [-0.39, 0.29) is 9.76 Å². The molecule has 2 heteroatoms. The highest BCUT2D eigenvalue weighted by Gasteiger charge is 2.03. The van der Waals surface area contributed by atoms with E-state index in [0.29, 0.717) is 0 Å². The molecule has 0 aliphatic carbocycles. The monoisotopic (exact) mass is 179 g/mol. The summed E-state index contributed by atoms with van der Waals surface area (Å²) >= 11 is 0. The van der Waals surface area contributed by atoms with Crippen molar-refractivity contribution in [2.24, 2.45) is 0 Å². The highest BCUT2D eigenvalue weighted by Crippen LogP contribution is 2.08. The molecule has 0 unspecified atom stereocenters. The lowest BCUT2D eigenvalue weighted by molar-refractivity contribution is 0.441. The third kappa shape index (κ3) is 3.20. The predicted molar refractivity (Wildman–Crippen MR) is 54.6 cm³/mol. The minimum atomic E-state index is -0.381. The summed E-state index contributed by atoms with van der Waals surface area (Å²) in [6, 6.07) is 10.5. The zero-order valence-electron chi connectivity index (χ0n) is 7.71. The van der Waals surface area contributed by atoms with Crippen LogP contribution in [0.2, 0.25) is 0 Å². The highest BCUT2D eigenvalue weighted by molar-refractivity contribution is 6.35. The van der Waals surface area contributed by atoms with Crippen LogP contribution in [-0.4, -0.2) is 16.9 Å². The molecule has 1 aromatic carbocycles. The van der Waals surface area contributed by atoms with Gasteiger partial charge in [-0.2, -0.15) is 0 Å². The van der Waals surface area contributed by atoms with Gasteiger partial charge in [0.25, 0.3) is 0 Å². The third-order valence-electron chi connectivity index (χ3n) is 1.74. The number of benzene rings is 1. The van der Waals surface area contributed by atoms with Crippen LogP contribution in [0.3, 0.4) is 0 Å². The lowest BCUT2D eigenvalue weighted by atomic mass is 10.1. The zero-order valence-corrected chi connectivity index (χ0v) is 9.12. The van der Waals surface area contributed by atoms with Crippen LogP contribution in [0.1, 0.15) is 12.5 Å². The van der Waals surface area contributed by atoms with E-state index in [1.165, 1.54) is 11.1 Å². The van der Waals surface area contributed by atoms with Crippen molar-refractivity contribution in [1.82, 2.24) is 0 Å². The Hall–Kier alpha value is -0.603. The quantitative estimate of drug-likeness (QED) is 0.637. The highest BCUT2D eigenvalue weighted by atomic mass is 28.2. The first-order valence-corrected chi connectivity index (χ1v) is 5.45. The van der Waals surface area contributed by atoms with Crippen molar-refractivity contribution < 1.29 is 4.43 Å². The van der Waals surface area contributed by atoms with Crippen LogP contribution >= 0.6 is 0 Å². The maximum atomic E-state index is 5.18. The maximum Gasteiger partial charge on any atom is 0.167 e. The van der Waals surface area contributed by atoms with Gasteiger partial charge in [0.05, 0.1) is 0 Å². The zero-order chi connectivity index (χ0) is 8.81. The maximum absolute atomic E-state index is 5.18. The predicted octanol–water partition coefficient (Wildman–Crippen LogP) is 1.51. The molecule has 1 radical (unpaired) electrons. The Kier molecular flexibility index (Phi) is 4.04. The molecule has 0 bridgehead atoms. The van der Waals surface area contributed by atoms with Crippen LogP contribution in [0.15, 0.2) is 30.3 Å². The smallest absolute Gasteiger partial charge is 0.167 e. The van der Waals surface area contributed by atoms with Crippen molar-refractivity contribution >= 4 is 9.76 Å². The fraction of sp³-hybridized carbons (Fsp3) is 0.300. The first-order chi connectivity index (χ1) is 5.83. The van der Waals surface area contributed by atoms with Gasteiger partial charge < -0.3 is 4.43 Å². The van der Waals surface area contributed by atoms with E-state index in [4.69, 9.17) is 4.43 Å². The average molecular weight is 179 g/mol. The van der Waals surface area contributed by atoms with E-state index in [0.717, 1.165) is 6.42 Å². The molecular weight excluding hydrogens is 164 g/mol. The van der Waals surface area contributed by atoms with E-state index < -0.39 is 0 Å². The Morgan fingerprint density at radius 3 is 2.58 bits per heavy atom. The molecule has 0 amide bonds. The molecule has 0 aliphatic heterocycles. The summed E-state index contributed by atoms with van der Waals surface area (Å²) < 4.78 is 5.18. The minimum absolute atomic E-state index is 0.381. The number of hydrogen-bond donors (Lipinski definition) is 0. The van der Waals surface area contributed by atoms with Crippen LogP contribution in [0.5, 0.6) is 0 Å². The Morgan fingerprint density at radius 2 is 2.00 bits per heavy atom. The molecule has 0 heterocycles. The van der Waals surface area contributed by atoms with Gasteiger partial charge in [0.2, 0.25) is 0 Å². The molecule has 0 atom stereocenters. The summed E-state index contributed by atoms with van der Waals surface area (Å²) in [5.74, 6) is 0. The Bertz CT molecular complexity index is 210. The summed E-state index contributed by atoms with van der Waals surface area (Å²) in [7, 11) is 1.41. The van der Waals surface area contributed by atoms with Crippen LogP contribution in [0, 0.1) is 5.54 Å². The molecular formula is C10H15OSi. The van der Waals surface area contributed by atoms with E-state index in [2.05, 4.69) is 31.2 Å². The van der Waals surface area contributed by atoms with Crippen LogP contribution in [0.25, 0.3) is 0 Å². The van der Waals surface area contributed by atoms with Gasteiger partial charge in [-0.15, -0.1) is 0 Å². The van der Waals surface area contributed by atoms with Gasteiger partial charge in [-0.3, -0.25) is 0 Å². The van der Waals surface area contributed by atoms with Crippen molar-refractivity contribution in [3.8, 4) is 0 Å². The molecule has 12 heavy (non-hydrogen) atoms. The van der Waals surface area contributed by atoms with Gasteiger partial charge in [0, 0.05) is 7.11 Å². The normalized spacial score (nSPS) is 11.6. The van der Waals surface area contributed by atoms with E-state index in [1.54, 1.807) is 7.11 Å². The van der Waals surface area contributed by atoms with Gasteiger partial charge in [-0.25, -0.2) is 0 Å². The van der Waals surface area contributed by atoms with Crippen molar-refractivity contribution in [2.75, 3.05) is 7.11 Å². The van der Waals surface area contributed by atoms with Crippen molar-refractivity contribution in [3.63, 3.8) is 0 Å². The van der Waals surface area contributed by atoms with Crippen molar-refractivity contribution in [2.45, 2.75) is 13.3 Å². The second-order valence-electron chi connectivity index (χ2n) is 3.05. The second-order valence-corrected chi connectivity index (χ2v) is 5.13. The van der Waals surface area contributed by atoms with Gasteiger partial charge in [0.15, 0.2) is 9.76 Å². The molecule has 0 spiro atoms. The van der Waals surface area contributed by atoms with E-state index in [1.807, 2.05) is 6.07 Å². The molecule has 0 saturated heterocycles. The summed E-state index contributed by atoms with van der Waals surface area (Å²) in [6.07, 6.45) is 1.08. The fourth-order valence-electron chi connectivity index (χ4n) is 1.24. The van der Waals surface area contributed by atoms with Gasteiger partial charge >= 0.3 is 0 Å². The molecule has 65 valence electrons. The van der Waals surface area contributed by atoms with Crippen LogP contribution < -0.4 is 0 Å². The van der Waals surface area contributed by atoms with Crippen molar-refractivity contribution in [3.05, 3.63) is 41.4 Å². The number of rotatable bonds is 4. The number of hydrogen-bond acceptors (Lipinski definition) is 1. The van der Waals surface area contributed by atoms with Crippen molar-refractivity contribution in [1.29, 1.82) is 0 Å². The van der Waals surface area contributed by atoms with Gasteiger partial charge in [-0.05, 0) is 17.5 Å². The summed E-state index contributed by atoms with van der Waals surface area (Å²) in [5, 5.41) is 0. The van der Waals surface area contributed by atoms with Crippen LogP contribution in [0.4, 0.5) is 0 Å². The third-order valence-corrected chi connectivity index (χ3v) is 2.77. The second kappa shape index (κ2) is 5.12. The molecule has 0 N–H and O–H groups in total. The molecule has 1 nitrogen and oxygen atoms in total. The minimum Gasteiger partial charge on any atom is -0.427 e. The van der Waals surface area contributed by atoms with Gasteiger partial charge in [0.1, 0.15) is 0 Å².